The minimum atomic E-state index is -0.474. The van der Waals surface area contributed by atoms with E-state index >= 15 is 0 Å². The van der Waals surface area contributed by atoms with Crippen molar-refractivity contribution in [2.75, 3.05) is 26.8 Å². The molecular formula is C21H29N3O4. The van der Waals surface area contributed by atoms with Crippen molar-refractivity contribution in [3.63, 3.8) is 0 Å². The van der Waals surface area contributed by atoms with E-state index in [9.17, 15) is 4.79 Å². The van der Waals surface area contributed by atoms with Crippen molar-refractivity contribution < 1.29 is 19.0 Å². The first-order valence-corrected chi connectivity index (χ1v) is 9.77. The van der Waals surface area contributed by atoms with Crippen molar-refractivity contribution in [3.8, 4) is 11.8 Å². The van der Waals surface area contributed by atoms with E-state index in [4.69, 9.17) is 14.2 Å². The number of benzene rings is 1. The van der Waals surface area contributed by atoms with Gasteiger partial charge in [-0.15, -0.1) is 0 Å². The lowest BCUT2D eigenvalue weighted by Crippen LogP contribution is -2.43. The third kappa shape index (κ3) is 5.24. The third-order valence-electron chi connectivity index (χ3n) is 4.64. The fourth-order valence-corrected chi connectivity index (χ4v) is 3.31. The number of para-hydroxylation sites is 2. The molecule has 7 nitrogen and oxygen atoms in total. The molecule has 152 valence electrons. The van der Waals surface area contributed by atoms with E-state index < -0.39 is 5.60 Å². The van der Waals surface area contributed by atoms with E-state index in [-0.39, 0.29) is 6.09 Å². The van der Waals surface area contributed by atoms with E-state index in [0.717, 1.165) is 36.8 Å². The number of ether oxygens (including phenoxy) is 3. The smallest absolute Gasteiger partial charge is 0.410 e. The maximum Gasteiger partial charge on any atom is 0.410 e. The molecule has 1 aliphatic heterocycles. The Bertz CT molecular complexity index is 819. The highest BCUT2D eigenvalue weighted by molar-refractivity contribution is 5.75. The number of hydrogen-bond donors (Lipinski definition) is 0. The number of rotatable bonds is 5. The number of amides is 1. The van der Waals surface area contributed by atoms with Crippen LogP contribution in [0.15, 0.2) is 24.3 Å². The van der Waals surface area contributed by atoms with Crippen LogP contribution < -0.4 is 9.47 Å². The number of carbonyl (C=O) groups is 1. The predicted molar refractivity (Wildman–Crippen MR) is 107 cm³/mol. The topological polar surface area (TPSA) is 73.8 Å². The molecule has 0 N–H and O–H groups in total. The van der Waals surface area contributed by atoms with Crippen LogP contribution >= 0.6 is 0 Å². The van der Waals surface area contributed by atoms with Gasteiger partial charge in [-0.2, -0.15) is 0 Å². The van der Waals surface area contributed by atoms with Gasteiger partial charge < -0.3 is 19.1 Å². The Labute approximate surface area is 166 Å². The van der Waals surface area contributed by atoms with Crippen molar-refractivity contribution in [2.45, 2.75) is 45.6 Å². The second-order valence-electron chi connectivity index (χ2n) is 8.10. The number of fused-ring (bicyclic) bond motifs is 1. The van der Waals surface area contributed by atoms with Crippen LogP contribution in [0.5, 0.6) is 11.8 Å². The average Bonchev–Trinajstić information content (AvgIpc) is 2.66. The van der Waals surface area contributed by atoms with E-state index in [2.05, 4.69) is 9.97 Å². The molecule has 1 amide bonds. The van der Waals surface area contributed by atoms with E-state index in [1.165, 1.54) is 0 Å². The molecule has 1 aliphatic rings. The zero-order valence-corrected chi connectivity index (χ0v) is 17.1. The van der Waals surface area contributed by atoms with Crippen molar-refractivity contribution in [2.24, 2.45) is 5.92 Å². The summed E-state index contributed by atoms with van der Waals surface area (Å²) in [6.07, 6.45) is 2.64. The predicted octanol–water partition coefficient (Wildman–Crippen LogP) is 4.05. The second-order valence-corrected chi connectivity index (χ2v) is 8.10. The Hall–Kier alpha value is -2.57. The highest BCUT2D eigenvalue weighted by Crippen LogP contribution is 2.27. The molecule has 2 aromatic rings. The summed E-state index contributed by atoms with van der Waals surface area (Å²) in [5.41, 5.74) is 1.07. The largest absolute Gasteiger partial charge is 0.477 e. The molecule has 0 saturated carbocycles. The first kappa shape index (κ1) is 20.2. The lowest BCUT2D eigenvalue weighted by molar-refractivity contribution is 0.0154. The van der Waals surface area contributed by atoms with Gasteiger partial charge in [0.05, 0.1) is 24.8 Å². The number of hydrogen-bond acceptors (Lipinski definition) is 6. The van der Waals surface area contributed by atoms with Gasteiger partial charge in [-0.1, -0.05) is 12.1 Å². The van der Waals surface area contributed by atoms with Crippen LogP contribution in [0.2, 0.25) is 0 Å². The molecule has 0 bridgehead atoms. The summed E-state index contributed by atoms with van der Waals surface area (Å²) in [6.45, 7) is 7.60. The van der Waals surface area contributed by atoms with Gasteiger partial charge in [0, 0.05) is 13.1 Å². The number of carbonyl (C=O) groups excluding carboxylic acids is 1. The number of piperidine rings is 1. The lowest BCUT2D eigenvalue weighted by atomic mass is 9.95. The molecule has 0 unspecified atom stereocenters. The van der Waals surface area contributed by atoms with Gasteiger partial charge in [0.2, 0.25) is 0 Å². The molecular weight excluding hydrogens is 358 g/mol. The van der Waals surface area contributed by atoms with Gasteiger partial charge >= 0.3 is 6.09 Å². The average molecular weight is 387 g/mol. The lowest BCUT2D eigenvalue weighted by Gasteiger charge is -2.34. The summed E-state index contributed by atoms with van der Waals surface area (Å²) < 4.78 is 16.7. The van der Waals surface area contributed by atoms with Crippen molar-refractivity contribution >= 4 is 17.1 Å². The minimum Gasteiger partial charge on any atom is -0.477 e. The van der Waals surface area contributed by atoms with Crippen molar-refractivity contribution in [3.05, 3.63) is 24.3 Å². The van der Waals surface area contributed by atoms with Crippen molar-refractivity contribution in [1.82, 2.24) is 14.9 Å². The minimum absolute atomic E-state index is 0.236. The highest BCUT2D eigenvalue weighted by Gasteiger charge is 2.27. The summed E-state index contributed by atoms with van der Waals surface area (Å²) >= 11 is 0. The molecule has 1 saturated heterocycles. The molecule has 1 aromatic carbocycles. The van der Waals surface area contributed by atoms with Crippen LogP contribution in [0.4, 0.5) is 4.79 Å². The molecule has 0 aliphatic carbocycles. The van der Waals surface area contributed by atoms with Gasteiger partial charge in [-0.05, 0) is 58.1 Å². The summed E-state index contributed by atoms with van der Waals surface area (Å²) in [5.74, 6) is 1.17. The molecule has 1 atom stereocenters. The fourth-order valence-electron chi connectivity index (χ4n) is 3.31. The third-order valence-corrected chi connectivity index (χ3v) is 4.64. The van der Waals surface area contributed by atoms with Crippen LogP contribution in [0.3, 0.4) is 0 Å². The molecule has 28 heavy (non-hydrogen) atoms. The Morgan fingerprint density at radius 2 is 1.86 bits per heavy atom. The standard InChI is InChI=1S/C21H29N3O4/c1-21(2,3)28-20(25)24-12-7-8-15(14-24)11-13-27-19-18(26-4)22-16-9-5-6-10-17(16)23-19/h5-6,9-10,15H,7-8,11-14H2,1-4H3/t15-/m0/s1. The molecule has 3 rings (SSSR count). The van der Waals surface area contributed by atoms with Crippen molar-refractivity contribution in [1.29, 1.82) is 0 Å². The Morgan fingerprint density at radius 1 is 1.18 bits per heavy atom. The van der Waals surface area contributed by atoms with E-state index in [1.807, 2.05) is 45.0 Å². The number of methoxy groups -OCH3 is 1. The molecule has 2 heterocycles. The van der Waals surface area contributed by atoms with E-state index in [0.29, 0.717) is 30.8 Å². The molecule has 1 aromatic heterocycles. The molecule has 0 radical (unpaired) electrons. The zero-order chi connectivity index (χ0) is 20.1. The fraction of sp³-hybridized carbons (Fsp3) is 0.571. The quantitative estimate of drug-likeness (QED) is 0.770. The van der Waals surface area contributed by atoms with Crippen LogP contribution in [-0.4, -0.2) is 53.4 Å². The first-order chi connectivity index (χ1) is 13.4. The maximum absolute atomic E-state index is 12.3. The normalized spacial score (nSPS) is 17.4. The summed E-state index contributed by atoms with van der Waals surface area (Å²) in [7, 11) is 1.56. The monoisotopic (exact) mass is 387 g/mol. The van der Waals surface area contributed by atoms with Gasteiger partial charge in [-0.3, -0.25) is 0 Å². The van der Waals surface area contributed by atoms with Gasteiger partial charge in [0.15, 0.2) is 0 Å². The second kappa shape index (κ2) is 8.63. The van der Waals surface area contributed by atoms with Gasteiger partial charge in [0.1, 0.15) is 5.60 Å². The molecule has 0 spiro atoms. The molecule has 7 heteroatoms. The van der Waals surface area contributed by atoms with Crippen LogP contribution in [0.25, 0.3) is 11.0 Å². The highest BCUT2D eigenvalue weighted by atomic mass is 16.6. The zero-order valence-electron chi connectivity index (χ0n) is 17.1. The van der Waals surface area contributed by atoms with Crippen LogP contribution in [-0.2, 0) is 4.74 Å². The summed E-state index contributed by atoms with van der Waals surface area (Å²) in [5, 5.41) is 0. The van der Waals surface area contributed by atoms with Crippen LogP contribution in [0, 0.1) is 5.92 Å². The maximum atomic E-state index is 12.3. The number of likely N-dealkylation sites (tertiary alicyclic amines) is 1. The Balaban J connectivity index is 1.56. The Morgan fingerprint density at radius 3 is 2.50 bits per heavy atom. The van der Waals surface area contributed by atoms with E-state index in [1.54, 1.807) is 12.0 Å². The summed E-state index contributed by atoms with van der Waals surface area (Å²) in [4.78, 5) is 23.1. The molecule has 1 fully saturated rings. The number of nitrogens with zero attached hydrogens (tertiary/aromatic N) is 3. The first-order valence-electron chi connectivity index (χ1n) is 9.77. The SMILES string of the molecule is COc1nc2ccccc2nc1OCC[C@@H]1CCCN(C(=O)OC(C)(C)C)C1. The van der Waals surface area contributed by atoms with Gasteiger partial charge in [-0.25, -0.2) is 14.8 Å². The van der Waals surface area contributed by atoms with Crippen LogP contribution in [0.1, 0.15) is 40.0 Å². The van der Waals surface area contributed by atoms with Gasteiger partial charge in [0.25, 0.3) is 11.8 Å². The summed E-state index contributed by atoms with van der Waals surface area (Å²) in [6, 6.07) is 7.62. The Kier molecular flexibility index (Phi) is 6.21. The number of aromatic nitrogens is 2.